The molecule has 0 unspecified atom stereocenters. The third kappa shape index (κ3) is 1.29. The van der Waals surface area contributed by atoms with E-state index in [2.05, 4.69) is 5.27 Å². The number of benzene rings is 1. The van der Waals surface area contributed by atoms with Crippen LogP contribution in [0.4, 0.5) is 0 Å². The van der Waals surface area contributed by atoms with E-state index < -0.39 is 0 Å². The highest BCUT2D eigenvalue weighted by Gasteiger charge is 2.30. The lowest BCUT2D eigenvalue weighted by Crippen LogP contribution is -2.33. The van der Waals surface area contributed by atoms with Crippen molar-refractivity contribution in [1.82, 2.24) is 5.27 Å². The van der Waals surface area contributed by atoms with Gasteiger partial charge in [0.25, 0.3) is 5.69 Å². The van der Waals surface area contributed by atoms with Crippen LogP contribution in [0, 0.1) is 0 Å². The zero-order chi connectivity index (χ0) is 10.3. The lowest BCUT2D eigenvalue weighted by Gasteiger charge is -1.94. The first-order chi connectivity index (χ1) is 7.34. The SMILES string of the molecule is Oc1ccc(-c2on[n+]3c2CCC3)cc1. The van der Waals surface area contributed by atoms with Crippen molar-refractivity contribution < 1.29 is 14.3 Å². The van der Waals surface area contributed by atoms with Crippen molar-refractivity contribution in [3.63, 3.8) is 0 Å². The molecular weight excluding hydrogens is 192 g/mol. The molecule has 2 heterocycles. The van der Waals surface area contributed by atoms with Gasteiger partial charge in [0.05, 0.1) is 0 Å². The molecule has 0 atom stereocenters. The number of fused-ring (bicyclic) bond motifs is 1. The smallest absolute Gasteiger partial charge is 0.257 e. The third-order valence-electron chi connectivity index (χ3n) is 2.72. The summed E-state index contributed by atoms with van der Waals surface area (Å²) in [6.45, 7) is 0.941. The van der Waals surface area contributed by atoms with Crippen LogP contribution in [0.1, 0.15) is 12.1 Å². The molecular formula is C11H11N2O2+. The summed E-state index contributed by atoms with van der Waals surface area (Å²) in [6.07, 6.45) is 2.14. The fourth-order valence-electron chi connectivity index (χ4n) is 1.96. The second-order valence-corrected chi connectivity index (χ2v) is 3.72. The summed E-state index contributed by atoms with van der Waals surface area (Å²) in [5, 5.41) is 13.2. The number of phenols is 1. The fraction of sp³-hybridized carbons (Fsp3) is 0.273. The molecule has 1 N–H and O–H groups in total. The highest BCUT2D eigenvalue weighted by atomic mass is 16.5. The summed E-state index contributed by atoms with van der Waals surface area (Å²) in [5.74, 6) is 1.09. The molecule has 1 aromatic carbocycles. The van der Waals surface area contributed by atoms with E-state index in [1.807, 2.05) is 16.8 Å². The highest BCUT2D eigenvalue weighted by Crippen LogP contribution is 2.25. The van der Waals surface area contributed by atoms with Crippen LogP contribution in [0.2, 0.25) is 0 Å². The fourth-order valence-corrected chi connectivity index (χ4v) is 1.96. The molecule has 1 aliphatic heterocycles. The maximum atomic E-state index is 9.20. The Balaban J connectivity index is 2.09. The first-order valence-electron chi connectivity index (χ1n) is 5.03. The van der Waals surface area contributed by atoms with E-state index in [-0.39, 0.29) is 5.75 Å². The monoisotopic (exact) mass is 203 g/mol. The Morgan fingerprint density at radius 3 is 2.87 bits per heavy atom. The number of aryl methyl sites for hydroxylation is 1. The lowest BCUT2D eigenvalue weighted by molar-refractivity contribution is -0.756. The molecule has 2 aromatic rings. The summed E-state index contributed by atoms with van der Waals surface area (Å²) in [5.41, 5.74) is 2.12. The summed E-state index contributed by atoms with van der Waals surface area (Å²) >= 11 is 0. The first kappa shape index (κ1) is 8.47. The molecule has 0 fully saturated rings. The predicted octanol–water partition coefficient (Wildman–Crippen LogP) is 1.28. The molecule has 0 saturated carbocycles. The van der Waals surface area contributed by atoms with Crippen molar-refractivity contribution in [2.45, 2.75) is 19.4 Å². The first-order valence-corrected chi connectivity index (χ1v) is 5.03. The van der Waals surface area contributed by atoms with Crippen molar-refractivity contribution in [2.24, 2.45) is 0 Å². The topological polar surface area (TPSA) is 50.1 Å². The Bertz CT molecular complexity index is 488. The Morgan fingerprint density at radius 1 is 1.27 bits per heavy atom. The van der Waals surface area contributed by atoms with Crippen LogP contribution in [0.15, 0.2) is 28.8 Å². The van der Waals surface area contributed by atoms with Crippen LogP contribution < -0.4 is 4.68 Å². The van der Waals surface area contributed by atoms with E-state index in [0.29, 0.717) is 0 Å². The van der Waals surface area contributed by atoms with Gasteiger partial charge in [-0.25, -0.2) is 0 Å². The van der Waals surface area contributed by atoms with Gasteiger partial charge in [-0.05, 0) is 28.9 Å². The Labute approximate surface area is 86.7 Å². The molecule has 4 heteroatoms. The molecule has 0 amide bonds. The van der Waals surface area contributed by atoms with Gasteiger partial charge in [0, 0.05) is 18.4 Å². The van der Waals surface area contributed by atoms with Gasteiger partial charge in [-0.15, -0.1) is 0 Å². The van der Waals surface area contributed by atoms with Gasteiger partial charge < -0.3 is 9.63 Å². The van der Waals surface area contributed by atoms with E-state index >= 15 is 0 Å². The zero-order valence-electron chi connectivity index (χ0n) is 8.18. The van der Waals surface area contributed by atoms with E-state index in [1.165, 1.54) is 0 Å². The standard InChI is InChI=1S/C11H10N2O2/c14-9-5-3-8(4-6-9)11-10-2-1-7-13(10)12-15-11/h3-6H,1-2,7H2/p+1. The molecule has 0 bridgehead atoms. The molecule has 4 nitrogen and oxygen atoms in total. The molecule has 0 radical (unpaired) electrons. The van der Waals surface area contributed by atoms with Crippen LogP contribution in [0.25, 0.3) is 11.3 Å². The summed E-state index contributed by atoms with van der Waals surface area (Å²) < 4.78 is 7.20. The molecule has 0 aliphatic carbocycles. The number of aromatic nitrogens is 2. The molecule has 0 spiro atoms. The summed E-state index contributed by atoms with van der Waals surface area (Å²) in [7, 11) is 0. The van der Waals surface area contributed by atoms with E-state index in [4.69, 9.17) is 4.52 Å². The minimum absolute atomic E-state index is 0.266. The zero-order valence-corrected chi connectivity index (χ0v) is 8.18. The predicted molar refractivity (Wildman–Crippen MR) is 52.1 cm³/mol. The average molecular weight is 203 g/mol. The lowest BCUT2D eigenvalue weighted by atomic mass is 10.1. The molecule has 0 saturated heterocycles. The van der Waals surface area contributed by atoms with Gasteiger partial charge in [-0.2, -0.15) is 0 Å². The minimum atomic E-state index is 0.266. The van der Waals surface area contributed by atoms with Gasteiger partial charge in [0.2, 0.25) is 5.76 Å². The number of rotatable bonds is 1. The summed E-state index contributed by atoms with van der Waals surface area (Å²) in [4.78, 5) is 0. The Morgan fingerprint density at radius 2 is 2.07 bits per heavy atom. The van der Waals surface area contributed by atoms with Crippen molar-refractivity contribution in [2.75, 3.05) is 0 Å². The number of aromatic hydroxyl groups is 1. The highest BCUT2D eigenvalue weighted by molar-refractivity contribution is 5.59. The van der Waals surface area contributed by atoms with Crippen LogP contribution in [-0.2, 0) is 13.0 Å². The number of hydrogen-bond donors (Lipinski definition) is 1. The van der Waals surface area contributed by atoms with Crippen molar-refractivity contribution in [1.29, 1.82) is 0 Å². The van der Waals surface area contributed by atoms with Gasteiger partial charge in [-0.3, -0.25) is 0 Å². The quantitative estimate of drug-likeness (QED) is 0.710. The number of phenolic OH excluding ortho intramolecular Hbond substituents is 1. The van der Waals surface area contributed by atoms with Gasteiger partial charge >= 0.3 is 0 Å². The van der Waals surface area contributed by atoms with Crippen LogP contribution in [0.3, 0.4) is 0 Å². The average Bonchev–Trinajstić information content (AvgIpc) is 2.80. The molecule has 1 aromatic heterocycles. The second-order valence-electron chi connectivity index (χ2n) is 3.72. The molecule has 15 heavy (non-hydrogen) atoms. The van der Waals surface area contributed by atoms with Crippen LogP contribution in [0.5, 0.6) is 5.75 Å². The summed E-state index contributed by atoms with van der Waals surface area (Å²) in [6, 6.07) is 7.00. The Kier molecular flexibility index (Phi) is 1.74. The van der Waals surface area contributed by atoms with Crippen LogP contribution >= 0.6 is 0 Å². The van der Waals surface area contributed by atoms with Gasteiger partial charge in [-0.1, -0.05) is 0 Å². The van der Waals surface area contributed by atoms with Gasteiger partial charge in [0.1, 0.15) is 5.75 Å². The number of hydrogen-bond acceptors (Lipinski definition) is 3. The minimum Gasteiger partial charge on any atom is -0.508 e. The van der Waals surface area contributed by atoms with Crippen molar-refractivity contribution >= 4 is 0 Å². The van der Waals surface area contributed by atoms with Gasteiger partial charge in [0.15, 0.2) is 11.8 Å². The van der Waals surface area contributed by atoms with Crippen LogP contribution in [-0.4, -0.2) is 10.4 Å². The van der Waals surface area contributed by atoms with E-state index in [1.54, 1.807) is 12.1 Å². The van der Waals surface area contributed by atoms with E-state index in [0.717, 1.165) is 36.4 Å². The molecule has 1 aliphatic rings. The van der Waals surface area contributed by atoms with E-state index in [9.17, 15) is 5.11 Å². The maximum Gasteiger partial charge on any atom is 0.257 e. The number of nitrogens with zero attached hydrogens (tertiary/aromatic N) is 2. The normalized spacial score (nSPS) is 14.1. The molecule has 3 rings (SSSR count). The van der Waals surface area contributed by atoms with Crippen molar-refractivity contribution in [3.05, 3.63) is 30.0 Å². The molecule has 76 valence electrons. The maximum absolute atomic E-state index is 9.20. The third-order valence-corrected chi connectivity index (χ3v) is 2.72. The second kappa shape index (κ2) is 3.08. The van der Waals surface area contributed by atoms with Crippen molar-refractivity contribution in [3.8, 4) is 17.1 Å². The largest absolute Gasteiger partial charge is 0.508 e. The Hall–Kier alpha value is -1.84.